The van der Waals surface area contributed by atoms with E-state index in [9.17, 15) is 8.78 Å². The van der Waals surface area contributed by atoms with Crippen LogP contribution in [0.2, 0.25) is 0 Å². The van der Waals surface area contributed by atoms with Crippen LogP contribution < -0.4 is 0 Å². The van der Waals surface area contributed by atoms with Gasteiger partial charge in [0.1, 0.15) is 17.3 Å². The number of halogens is 2. The standard InChI is InChI=1S/C18H18F2N4O/c19-13-9-15(20)17(21-10-13)12-24-7-5-23(6-8-24)11-16-14-3-1-2-4-18(14)25-22-16/h1-4,9-10H,5-8,11-12H2. The van der Waals surface area contributed by atoms with Crippen molar-refractivity contribution < 1.29 is 13.3 Å². The molecule has 0 aliphatic carbocycles. The molecule has 0 radical (unpaired) electrons. The molecule has 0 bridgehead atoms. The average molecular weight is 344 g/mol. The second-order valence-electron chi connectivity index (χ2n) is 6.26. The Morgan fingerprint density at radius 1 is 0.960 bits per heavy atom. The lowest BCUT2D eigenvalue weighted by molar-refractivity contribution is 0.118. The van der Waals surface area contributed by atoms with Crippen molar-refractivity contribution in [2.75, 3.05) is 26.2 Å². The number of hydrogen-bond donors (Lipinski definition) is 0. The summed E-state index contributed by atoms with van der Waals surface area (Å²) in [7, 11) is 0. The fourth-order valence-electron chi connectivity index (χ4n) is 3.14. The molecule has 130 valence electrons. The van der Waals surface area contributed by atoms with E-state index in [-0.39, 0.29) is 5.69 Å². The van der Waals surface area contributed by atoms with Crippen molar-refractivity contribution in [1.82, 2.24) is 19.9 Å². The van der Waals surface area contributed by atoms with Gasteiger partial charge in [-0.1, -0.05) is 17.3 Å². The number of benzene rings is 1. The van der Waals surface area contributed by atoms with Gasteiger partial charge in [0, 0.05) is 50.7 Å². The molecule has 4 rings (SSSR count). The first kappa shape index (κ1) is 16.1. The van der Waals surface area contributed by atoms with Gasteiger partial charge < -0.3 is 4.52 Å². The highest BCUT2D eigenvalue weighted by Gasteiger charge is 2.20. The molecule has 0 unspecified atom stereocenters. The minimum Gasteiger partial charge on any atom is -0.356 e. The molecule has 0 saturated carbocycles. The summed E-state index contributed by atoms with van der Waals surface area (Å²) in [5.41, 5.74) is 2.03. The number of nitrogens with zero attached hydrogens (tertiary/aromatic N) is 4. The summed E-state index contributed by atoms with van der Waals surface area (Å²) in [6, 6.07) is 8.71. The van der Waals surface area contributed by atoms with E-state index in [1.807, 2.05) is 24.3 Å². The molecule has 1 aromatic carbocycles. The van der Waals surface area contributed by atoms with E-state index in [0.717, 1.165) is 61.7 Å². The minimum absolute atomic E-state index is 0.289. The van der Waals surface area contributed by atoms with E-state index in [1.165, 1.54) is 0 Å². The predicted molar refractivity (Wildman–Crippen MR) is 88.7 cm³/mol. The van der Waals surface area contributed by atoms with Gasteiger partial charge in [-0.3, -0.25) is 14.8 Å². The highest BCUT2D eigenvalue weighted by molar-refractivity contribution is 5.79. The quantitative estimate of drug-likeness (QED) is 0.728. The maximum atomic E-state index is 13.7. The zero-order valence-electron chi connectivity index (χ0n) is 13.7. The minimum atomic E-state index is -0.647. The first-order valence-corrected chi connectivity index (χ1v) is 8.27. The summed E-state index contributed by atoms with van der Waals surface area (Å²) in [6.07, 6.45) is 1.06. The second-order valence-corrected chi connectivity index (χ2v) is 6.26. The molecule has 3 heterocycles. The largest absolute Gasteiger partial charge is 0.356 e. The molecule has 2 aromatic heterocycles. The van der Waals surface area contributed by atoms with Crippen LogP contribution in [0.1, 0.15) is 11.4 Å². The van der Waals surface area contributed by atoms with Crippen molar-refractivity contribution in [1.29, 1.82) is 0 Å². The molecule has 1 fully saturated rings. The molecule has 0 N–H and O–H groups in total. The second kappa shape index (κ2) is 6.85. The summed E-state index contributed by atoms with van der Waals surface area (Å²) in [5.74, 6) is -1.23. The SMILES string of the molecule is Fc1cnc(CN2CCN(Cc3noc4ccccc34)CC2)c(F)c1. The summed E-state index contributed by atoms with van der Waals surface area (Å²) < 4.78 is 32.0. The van der Waals surface area contributed by atoms with Crippen LogP contribution in [0.5, 0.6) is 0 Å². The van der Waals surface area contributed by atoms with Crippen LogP contribution in [-0.4, -0.2) is 46.1 Å². The van der Waals surface area contributed by atoms with Crippen LogP contribution in [0.15, 0.2) is 41.1 Å². The van der Waals surface area contributed by atoms with Crippen LogP contribution >= 0.6 is 0 Å². The highest BCUT2D eigenvalue weighted by atomic mass is 19.1. The fraction of sp³-hybridized carbons (Fsp3) is 0.333. The van der Waals surface area contributed by atoms with Crippen molar-refractivity contribution in [2.45, 2.75) is 13.1 Å². The molecule has 0 spiro atoms. The number of para-hydroxylation sites is 1. The van der Waals surface area contributed by atoms with Gasteiger partial charge in [-0.15, -0.1) is 0 Å². The number of piperazine rings is 1. The molecule has 25 heavy (non-hydrogen) atoms. The first-order chi connectivity index (χ1) is 12.2. The highest BCUT2D eigenvalue weighted by Crippen LogP contribution is 2.20. The Balaban J connectivity index is 1.35. The van der Waals surface area contributed by atoms with Crippen LogP contribution in [0.25, 0.3) is 11.0 Å². The Bertz CT molecular complexity index is 874. The van der Waals surface area contributed by atoms with Gasteiger partial charge in [-0.05, 0) is 12.1 Å². The Kier molecular flexibility index (Phi) is 4.42. The van der Waals surface area contributed by atoms with Gasteiger partial charge in [-0.25, -0.2) is 8.78 Å². The molecule has 0 atom stereocenters. The molecule has 3 aromatic rings. The van der Waals surface area contributed by atoms with Crippen molar-refractivity contribution in [3.05, 3.63) is 59.6 Å². The summed E-state index contributed by atoms with van der Waals surface area (Å²) in [6.45, 7) is 4.43. The van der Waals surface area contributed by atoms with Crippen molar-refractivity contribution in [3.8, 4) is 0 Å². The number of hydrogen-bond acceptors (Lipinski definition) is 5. The average Bonchev–Trinajstić information content (AvgIpc) is 3.02. The molecule has 7 heteroatoms. The van der Waals surface area contributed by atoms with Crippen LogP contribution in [0.4, 0.5) is 8.78 Å². The van der Waals surface area contributed by atoms with Gasteiger partial charge in [-0.2, -0.15) is 0 Å². The van der Waals surface area contributed by atoms with Gasteiger partial charge in [0.2, 0.25) is 0 Å². The smallest absolute Gasteiger partial charge is 0.167 e. The van der Waals surface area contributed by atoms with E-state index in [2.05, 4.69) is 19.9 Å². The van der Waals surface area contributed by atoms with Crippen molar-refractivity contribution in [2.24, 2.45) is 0 Å². The lowest BCUT2D eigenvalue weighted by Crippen LogP contribution is -2.45. The number of rotatable bonds is 4. The van der Waals surface area contributed by atoms with E-state index >= 15 is 0 Å². The van der Waals surface area contributed by atoms with E-state index in [1.54, 1.807) is 0 Å². The van der Waals surface area contributed by atoms with Gasteiger partial charge in [0.05, 0.1) is 11.9 Å². The van der Waals surface area contributed by atoms with E-state index < -0.39 is 11.6 Å². The summed E-state index contributed by atoms with van der Waals surface area (Å²) in [4.78, 5) is 8.28. The van der Waals surface area contributed by atoms with E-state index in [0.29, 0.717) is 6.54 Å². The molecule has 1 aliphatic heterocycles. The number of pyridine rings is 1. The van der Waals surface area contributed by atoms with Crippen molar-refractivity contribution >= 4 is 11.0 Å². The van der Waals surface area contributed by atoms with E-state index in [4.69, 9.17) is 4.52 Å². The Hall–Kier alpha value is -2.38. The summed E-state index contributed by atoms with van der Waals surface area (Å²) >= 11 is 0. The molecular formula is C18H18F2N4O. The first-order valence-electron chi connectivity index (χ1n) is 8.27. The van der Waals surface area contributed by atoms with Crippen LogP contribution in [0, 0.1) is 11.6 Å². The lowest BCUT2D eigenvalue weighted by Gasteiger charge is -2.34. The zero-order chi connectivity index (χ0) is 17.2. The van der Waals surface area contributed by atoms with Crippen LogP contribution in [-0.2, 0) is 13.1 Å². The Morgan fingerprint density at radius 2 is 1.64 bits per heavy atom. The maximum Gasteiger partial charge on any atom is 0.167 e. The van der Waals surface area contributed by atoms with Gasteiger partial charge in [0.25, 0.3) is 0 Å². The van der Waals surface area contributed by atoms with Crippen LogP contribution in [0.3, 0.4) is 0 Å². The predicted octanol–water partition coefficient (Wildman–Crippen LogP) is 2.82. The molecule has 5 nitrogen and oxygen atoms in total. The molecule has 1 aliphatic rings. The zero-order valence-corrected chi connectivity index (χ0v) is 13.7. The monoisotopic (exact) mass is 344 g/mol. The fourth-order valence-corrected chi connectivity index (χ4v) is 3.14. The maximum absolute atomic E-state index is 13.7. The summed E-state index contributed by atoms with van der Waals surface area (Å²) in [5, 5.41) is 5.21. The third-order valence-corrected chi connectivity index (χ3v) is 4.55. The number of fused-ring (bicyclic) bond motifs is 1. The third-order valence-electron chi connectivity index (χ3n) is 4.55. The molecular weight excluding hydrogens is 326 g/mol. The Morgan fingerprint density at radius 3 is 2.36 bits per heavy atom. The lowest BCUT2D eigenvalue weighted by atomic mass is 10.2. The Labute approximate surface area is 143 Å². The molecule has 0 amide bonds. The number of aromatic nitrogens is 2. The normalized spacial score (nSPS) is 16.6. The molecule has 1 saturated heterocycles. The van der Waals surface area contributed by atoms with Gasteiger partial charge in [0.15, 0.2) is 5.58 Å². The van der Waals surface area contributed by atoms with Crippen molar-refractivity contribution in [3.63, 3.8) is 0 Å². The topological polar surface area (TPSA) is 45.4 Å². The van der Waals surface area contributed by atoms with Gasteiger partial charge >= 0.3 is 0 Å². The third kappa shape index (κ3) is 3.52.